The van der Waals surface area contributed by atoms with Crippen molar-refractivity contribution in [3.63, 3.8) is 0 Å². The zero-order valence-electron chi connectivity index (χ0n) is 14.8. The van der Waals surface area contributed by atoms with Gasteiger partial charge in [0.1, 0.15) is 11.5 Å². The minimum Gasteiger partial charge on any atom is -0.497 e. The molecule has 0 aliphatic carbocycles. The fourth-order valence-electron chi connectivity index (χ4n) is 2.47. The van der Waals surface area contributed by atoms with Crippen molar-refractivity contribution in [2.45, 2.75) is 12.5 Å². The standard InChI is InChI=1S/C18H21N3O3S.2ClH/c1-23-15-3-5-16(6-4-15)24-18-7-2-13(11-20-18)21-17(22)10-14-12-25-9-8-19-14;;/h2-7,11,14,19H,8-10,12H2,1H3,(H,21,22);2*1H. The molecular weight excluding hydrogens is 409 g/mol. The summed E-state index contributed by atoms with van der Waals surface area (Å²) in [6.45, 7) is 0.960. The first kappa shape index (κ1) is 23.4. The van der Waals surface area contributed by atoms with Crippen molar-refractivity contribution in [1.29, 1.82) is 0 Å². The topological polar surface area (TPSA) is 72.5 Å². The van der Waals surface area contributed by atoms with Crippen LogP contribution in [0.15, 0.2) is 42.6 Å². The third kappa shape index (κ3) is 7.46. The summed E-state index contributed by atoms with van der Waals surface area (Å²) in [6, 6.07) is 11.0. The Hall–Kier alpha value is -1.67. The van der Waals surface area contributed by atoms with Crippen LogP contribution >= 0.6 is 36.6 Å². The number of ether oxygens (including phenoxy) is 2. The van der Waals surface area contributed by atoms with Gasteiger partial charge in [-0.3, -0.25) is 4.79 Å². The highest BCUT2D eigenvalue weighted by Gasteiger charge is 2.16. The number of benzene rings is 1. The van der Waals surface area contributed by atoms with Gasteiger partial charge in [0.2, 0.25) is 11.8 Å². The largest absolute Gasteiger partial charge is 0.497 e. The van der Waals surface area contributed by atoms with E-state index >= 15 is 0 Å². The van der Waals surface area contributed by atoms with Gasteiger partial charge in [-0.25, -0.2) is 4.98 Å². The Balaban J connectivity index is 0.00000182. The number of thioether (sulfide) groups is 1. The lowest BCUT2D eigenvalue weighted by Gasteiger charge is -2.22. The molecule has 0 bridgehead atoms. The maximum Gasteiger partial charge on any atom is 0.226 e. The number of pyridine rings is 1. The van der Waals surface area contributed by atoms with Gasteiger partial charge >= 0.3 is 0 Å². The van der Waals surface area contributed by atoms with Gasteiger partial charge in [-0.2, -0.15) is 11.8 Å². The zero-order valence-corrected chi connectivity index (χ0v) is 17.3. The summed E-state index contributed by atoms with van der Waals surface area (Å²) in [7, 11) is 1.62. The fraction of sp³-hybridized carbons (Fsp3) is 0.333. The van der Waals surface area contributed by atoms with Crippen molar-refractivity contribution in [2.24, 2.45) is 0 Å². The van der Waals surface area contributed by atoms with Gasteiger partial charge in [0.25, 0.3) is 0 Å². The Morgan fingerprint density at radius 2 is 1.96 bits per heavy atom. The molecule has 1 aliphatic heterocycles. The number of nitrogens with zero attached hydrogens (tertiary/aromatic N) is 1. The lowest BCUT2D eigenvalue weighted by molar-refractivity contribution is -0.116. The second-order valence-corrected chi connectivity index (χ2v) is 6.79. The SMILES string of the molecule is COc1ccc(Oc2ccc(NC(=O)CC3CSCCN3)cn2)cc1.Cl.Cl. The van der Waals surface area contributed by atoms with Crippen LogP contribution in [0.25, 0.3) is 0 Å². The number of carbonyl (C=O) groups excluding carboxylic acids is 1. The highest BCUT2D eigenvalue weighted by molar-refractivity contribution is 7.99. The van der Waals surface area contributed by atoms with E-state index in [1.54, 1.807) is 25.4 Å². The lowest BCUT2D eigenvalue weighted by Crippen LogP contribution is -2.39. The molecule has 1 amide bonds. The average molecular weight is 432 g/mol. The normalized spacial score (nSPS) is 15.7. The first-order valence-electron chi connectivity index (χ1n) is 8.12. The molecule has 2 N–H and O–H groups in total. The smallest absolute Gasteiger partial charge is 0.226 e. The van der Waals surface area contributed by atoms with Crippen molar-refractivity contribution < 1.29 is 14.3 Å². The molecule has 3 rings (SSSR count). The molecule has 27 heavy (non-hydrogen) atoms. The molecule has 0 saturated carbocycles. The quantitative estimate of drug-likeness (QED) is 0.725. The molecule has 6 nitrogen and oxygen atoms in total. The van der Waals surface area contributed by atoms with Crippen LogP contribution in [0.4, 0.5) is 5.69 Å². The van der Waals surface area contributed by atoms with Crippen LogP contribution in [0.2, 0.25) is 0 Å². The fourth-order valence-corrected chi connectivity index (χ4v) is 3.41. The van der Waals surface area contributed by atoms with Crippen LogP contribution in [0, 0.1) is 0 Å². The number of halogens is 2. The Labute approximate surface area is 175 Å². The Bertz CT molecular complexity index is 696. The van der Waals surface area contributed by atoms with Gasteiger partial charge in [0.05, 0.1) is 19.0 Å². The number of hydrogen-bond donors (Lipinski definition) is 2. The molecule has 1 aliphatic rings. The van der Waals surface area contributed by atoms with E-state index in [1.165, 1.54) is 0 Å². The van der Waals surface area contributed by atoms with Gasteiger partial charge in [-0.1, -0.05) is 0 Å². The number of amides is 1. The number of carbonyl (C=O) groups is 1. The van der Waals surface area contributed by atoms with E-state index in [-0.39, 0.29) is 36.8 Å². The third-order valence-corrected chi connectivity index (χ3v) is 4.86. The van der Waals surface area contributed by atoms with E-state index in [9.17, 15) is 4.79 Å². The van der Waals surface area contributed by atoms with E-state index in [2.05, 4.69) is 15.6 Å². The summed E-state index contributed by atoms with van der Waals surface area (Å²) >= 11 is 1.88. The monoisotopic (exact) mass is 431 g/mol. The summed E-state index contributed by atoms with van der Waals surface area (Å²) in [6.07, 6.45) is 2.07. The van der Waals surface area contributed by atoms with Crippen LogP contribution in [0.5, 0.6) is 17.4 Å². The molecule has 1 unspecified atom stereocenters. The Morgan fingerprint density at radius 1 is 1.22 bits per heavy atom. The van der Waals surface area contributed by atoms with Gasteiger partial charge in [0.15, 0.2) is 0 Å². The maximum atomic E-state index is 12.1. The minimum absolute atomic E-state index is 0. The molecular formula is C18H23Cl2N3O3S. The van der Waals surface area contributed by atoms with E-state index in [1.807, 2.05) is 36.0 Å². The molecule has 1 aromatic carbocycles. The maximum absolute atomic E-state index is 12.1. The molecule has 1 aromatic heterocycles. The summed E-state index contributed by atoms with van der Waals surface area (Å²) in [5, 5.41) is 6.23. The molecule has 0 spiro atoms. The molecule has 1 saturated heterocycles. The number of hydrogen-bond acceptors (Lipinski definition) is 6. The first-order valence-corrected chi connectivity index (χ1v) is 9.27. The van der Waals surface area contributed by atoms with E-state index < -0.39 is 0 Å². The lowest BCUT2D eigenvalue weighted by atomic mass is 10.2. The van der Waals surface area contributed by atoms with Crippen LogP contribution in [0.3, 0.4) is 0 Å². The minimum atomic E-state index is -0.00868. The number of anilines is 1. The van der Waals surface area contributed by atoms with Crippen molar-refractivity contribution in [2.75, 3.05) is 30.5 Å². The average Bonchev–Trinajstić information content (AvgIpc) is 2.65. The van der Waals surface area contributed by atoms with E-state index in [4.69, 9.17) is 9.47 Å². The van der Waals surface area contributed by atoms with Crippen molar-refractivity contribution in [3.05, 3.63) is 42.6 Å². The van der Waals surface area contributed by atoms with Crippen molar-refractivity contribution >= 4 is 48.2 Å². The van der Waals surface area contributed by atoms with Crippen LogP contribution < -0.4 is 20.1 Å². The predicted molar refractivity (Wildman–Crippen MR) is 114 cm³/mol. The third-order valence-electron chi connectivity index (χ3n) is 3.73. The van der Waals surface area contributed by atoms with Gasteiger partial charge < -0.3 is 20.1 Å². The number of nitrogens with one attached hydrogen (secondary N) is 2. The highest BCUT2D eigenvalue weighted by Crippen LogP contribution is 2.23. The number of rotatable bonds is 6. The molecule has 9 heteroatoms. The Morgan fingerprint density at radius 3 is 2.56 bits per heavy atom. The van der Waals surface area contributed by atoms with Crippen molar-refractivity contribution in [3.8, 4) is 17.4 Å². The van der Waals surface area contributed by atoms with Gasteiger partial charge in [-0.15, -0.1) is 24.8 Å². The van der Waals surface area contributed by atoms with Gasteiger partial charge in [-0.05, 0) is 30.3 Å². The molecule has 148 valence electrons. The van der Waals surface area contributed by atoms with Crippen LogP contribution in [-0.2, 0) is 4.79 Å². The second kappa shape index (κ2) is 11.9. The summed E-state index contributed by atoms with van der Waals surface area (Å²) in [5.41, 5.74) is 0.663. The highest BCUT2D eigenvalue weighted by atomic mass is 35.5. The van der Waals surface area contributed by atoms with Crippen molar-refractivity contribution in [1.82, 2.24) is 10.3 Å². The Kier molecular flexibility index (Phi) is 10.3. The molecule has 1 fully saturated rings. The second-order valence-electron chi connectivity index (χ2n) is 5.64. The van der Waals surface area contributed by atoms with Crippen LogP contribution in [0.1, 0.15) is 6.42 Å². The summed E-state index contributed by atoms with van der Waals surface area (Å²) < 4.78 is 10.8. The van der Waals surface area contributed by atoms with E-state index in [0.717, 1.165) is 23.8 Å². The molecule has 0 radical (unpaired) electrons. The van der Waals surface area contributed by atoms with E-state index in [0.29, 0.717) is 23.7 Å². The van der Waals surface area contributed by atoms with Gasteiger partial charge in [0, 0.05) is 36.6 Å². The summed E-state index contributed by atoms with van der Waals surface area (Å²) in [4.78, 5) is 16.3. The van der Waals surface area contributed by atoms with Crippen LogP contribution in [-0.4, -0.2) is 42.1 Å². The molecule has 2 aromatic rings. The molecule has 1 atom stereocenters. The first-order chi connectivity index (χ1) is 12.2. The predicted octanol–water partition coefficient (Wildman–Crippen LogP) is 3.76. The summed E-state index contributed by atoms with van der Waals surface area (Å²) in [5.74, 6) is 3.98. The number of methoxy groups -OCH3 is 1. The zero-order chi connectivity index (χ0) is 17.5. The number of aromatic nitrogens is 1. The molecule has 2 heterocycles.